The molecule has 0 atom stereocenters. The second-order valence-electron chi connectivity index (χ2n) is 7.86. The van der Waals surface area contributed by atoms with Crippen molar-refractivity contribution in [3.05, 3.63) is 95.6 Å². The van der Waals surface area contributed by atoms with Gasteiger partial charge >= 0.3 is 0 Å². The summed E-state index contributed by atoms with van der Waals surface area (Å²) < 4.78 is 26.9. The van der Waals surface area contributed by atoms with Gasteiger partial charge < -0.3 is 9.97 Å². The molecule has 2 aliphatic heterocycles. The molecule has 2 N–H and O–H groups in total. The van der Waals surface area contributed by atoms with Gasteiger partial charge in [0.15, 0.2) is 0 Å². The molecule has 4 aromatic rings. The molecule has 2 aliphatic rings. The SMILES string of the molecule is O=S(=O)(c1ccccc1)c1cc2cc3nc(cc4ccc(cc5nc(cc1[nH]2)C=C5)[nH]4)C=C3. The van der Waals surface area contributed by atoms with Crippen molar-refractivity contribution in [2.75, 3.05) is 0 Å². The molecule has 7 heteroatoms. The van der Waals surface area contributed by atoms with Crippen LogP contribution in [0.4, 0.5) is 0 Å². The van der Waals surface area contributed by atoms with Crippen molar-refractivity contribution in [1.29, 1.82) is 0 Å². The van der Waals surface area contributed by atoms with E-state index in [1.54, 1.807) is 42.5 Å². The highest BCUT2D eigenvalue weighted by molar-refractivity contribution is 7.91. The molecule has 6 rings (SSSR count). The molecule has 5 heterocycles. The molecule has 160 valence electrons. The highest BCUT2D eigenvalue weighted by Crippen LogP contribution is 2.27. The monoisotopic (exact) mass is 450 g/mol. The molecular formula is C26H18N4O2S. The van der Waals surface area contributed by atoms with Crippen LogP contribution in [0.5, 0.6) is 0 Å². The standard InChI is InChI=1S/C26H18N4O2S/c31-33(32,24-4-2-1-3-5-24)26-16-23-14-21-9-8-19(28-21)12-17-6-7-18(27-17)13-20-10-11-22(29-20)15-25(26)30-23/h1-16,27,30H. The maximum absolute atomic E-state index is 13.4. The summed E-state index contributed by atoms with van der Waals surface area (Å²) in [5.41, 5.74) is 5.97. The van der Waals surface area contributed by atoms with Crippen LogP contribution in [0.3, 0.4) is 0 Å². The summed E-state index contributed by atoms with van der Waals surface area (Å²) >= 11 is 0. The van der Waals surface area contributed by atoms with E-state index in [1.165, 1.54) is 0 Å². The Hall–Kier alpha value is -4.23. The minimum Gasteiger partial charge on any atom is -0.355 e. The lowest BCUT2D eigenvalue weighted by molar-refractivity contribution is 0.597. The summed E-state index contributed by atoms with van der Waals surface area (Å²) in [6.45, 7) is 0. The summed E-state index contributed by atoms with van der Waals surface area (Å²) in [7, 11) is -3.73. The lowest BCUT2D eigenvalue weighted by Gasteiger charge is -2.02. The molecule has 0 amide bonds. The molecule has 3 aromatic heterocycles. The van der Waals surface area contributed by atoms with E-state index in [0.29, 0.717) is 16.7 Å². The van der Waals surface area contributed by atoms with Crippen molar-refractivity contribution in [2.24, 2.45) is 0 Å². The van der Waals surface area contributed by atoms with Gasteiger partial charge in [0, 0.05) is 16.6 Å². The Morgan fingerprint density at radius 2 is 1.12 bits per heavy atom. The summed E-state index contributed by atoms with van der Waals surface area (Å²) in [6.07, 6.45) is 7.60. The highest BCUT2D eigenvalue weighted by Gasteiger charge is 2.21. The fraction of sp³-hybridized carbons (Fsp3) is 0. The van der Waals surface area contributed by atoms with Crippen LogP contribution in [0.1, 0.15) is 22.8 Å². The van der Waals surface area contributed by atoms with Crippen molar-refractivity contribution in [1.82, 2.24) is 19.9 Å². The Balaban J connectivity index is 1.67. The summed E-state index contributed by atoms with van der Waals surface area (Å²) in [6, 6.07) is 21.6. The number of sulfone groups is 1. The molecule has 0 saturated carbocycles. The summed E-state index contributed by atoms with van der Waals surface area (Å²) in [5.74, 6) is 0. The van der Waals surface area contributed by atoms with Crippen molar-refractivity contribution in [2.45, 2.75) is 9.79 Å². The number of nitrogens with zero attached hydrogens (tertiary/aromatic N) is 2. The largest absolute Gasteiger partial charge is 0.355 e. The Morgan fingerprint density at radius 1 is 0.576 bits per heavy atom. The van der Waals surface area contributed by atoms with Crippen molar-refractivity contribution in [3.63, 3.8) is 0 Å². The maximum Gasteiger partial charge on any atom is 0.208 e. The Bertz CT molecular complexity index is 1730. The van der Waals surface area contributed by atoms with Gasteiger partial charge in [-0.15, -0.1) is 0 Å². The molecule has 8 bridgehead atoms. The molecule has 0 saturated heterocycles. The fourth-order valence-electron chi connectivity index (χ4n) is 3.94. The smallest absolute Gasteiger partial charge is 0.208 e. The van der Waals surface area contributed by atoms with E-state index in [2.05, 4.69) is 19.9 Å². The number of aromatic amines is 2. The zero-order valence-electron chi connectivity index (χ0n) is 17.4. The first-order valence-electron chi connectivity index (χ1n) is 10.4. The number of rotatable bonds is 2. The molecule has 33 heavy (non-hydrogen) atoms. The van der Waals surface area contributed by atoms with Crippen LogP contribution in [-0.4, -0.2) is 28.4 Å². The van der Waals surface area contributed by atoms with Crippen LogP contribution in [0.2, 0.25) is 0 Å². The van der Waals surface area contributed by atoms with E-state index in [4.69, 9.17) is 0 Å². The summed E-state index contributed by atoms with van der Waals surface area (Å²) in [4.78, 5) is 16.3. The summed E-state index contributed by atoms with van der Waals surface area (Å²) in [5, 5.41) is 0. The first kappa shape index (κ1) is 19.5. The molecule has 6 nitrogen and oxygen atoms in total. The second kappa shape index (κ2) is 7.43. The van der Waals surface area contributed by atoms with Crippen LogP contribution in [-0.2, 0) is 9.84 Å². The fourth-order valence-corrected chi connectivity index (χ4v) is 5.39. The molecule has 0 fully saturated rings. The number of H-pyrrole nitrogens is 2. The van der Waals surface area contributed by atoms with Crippen LogP contribution in [0.25, 0.3) is 46.4 Å². The zero-order valence-corrected chi connectivity index (χ0v) is 18.2. The molecule has 0 spiro atoms. The van der Waals surface area contributed by atoms with E-state index in [1.807, 2.05) is 54.6 Å². The van der Waals surface area contributed by atoms with E-state index >= 15 is 0 Å². The van der Waals surface area contributed by atoms with Gasteiger partial charge in [0.2, 0.25) is 9.84 Å². The van der Waals surface area contributed by atoms with E-state index < -0.39 is 9.84 Å². The van der Waals surface area contributed by atoms with E-state index in [-0.39, 0.29) is 9.79 Å². The van der Waals surface area contributed by atoms with Gasteiger partial charge in [-0.05, 0) is 78.9 Å². The quantitative estimate of drug-likeness (QED) is 0.365. The first-order valence-corrected chi connectivity index (χ1v) is 11.9. The third-order valence-electron chi connectivity index (χ3n) is 5.47. The molecule has 0 aliphatic carbocycles. The predicted octanol–water partition coefficient (Wildman–Crippen LogP) is 5.49. The van der Waals surface area contributed by atoms with Gasteiger partial charge in [-0.3, -0.25) is 0 Å². The number of nitrogens with one attached hydrogen (secondary N) is 2. The lowest BCUT2D eigenvalue weighted by Crippen LogP contribution is -2.00. The van der Waals surface area contributed by atoms with Crippen LogP contribution >= 0.6 is 0 Å². The zero-order chi connectivity index (χ0) is 22.4. The average Bonchev–Trinajstić information content (AvgIpc) is 3.59. The molecular weight excluding hydrogens is 432 g/mol. The average molecular weight is 451 g/mol. The number of hydrogen-bond acceptors (Lipinski definition) is 4. The second-order valence-corrected chi connectivity index (χ2v) is 9.77. The minimum atomic E-state index is -3.73. The lowest BCUT2D eigenvalue weighted by atomic mass is 10.3. The molecule has 1 aromatic carbocycles. The Morgan fingerprint density at radius 3 is 1.73 bits per heavy atom. The normalized spacial score (nSPS) is 12.8. The number of fused-ring (bicyclic) bond motifs is 8. The predicted molar refractivity (Wildman–Crippen MR) is 131 cm³/mol. The maximum atomic E-state index is 13.4. The van der Waals surface area contributed by atoms with E-state index in [9.17, 15) is 8.42 Å². The van der Waals surface area contributed by atoms with Gasteiger partial charge in [0.1, 0.15) is 0 Å². The topological polar surface area (TPSA) is 91.5 Å². The molecule has 0 radical (unpaired) electrons. The minimum absolute atomic E-state index is 0.199. The van der Waals surface area contributed by atoms with Gasteiger partial charge in [0.05, 0.1) is 38.1 Å². The van der Waals surface area contributed by atoms with Crippen molar-refractivity contribution >= 4 is 56.2 Å². The molecule has 0 unspecified atom stereocenters. The van der Waals surface area contributed by atoms with Gasteiger partial charge in [0.25, 0.3) is 0 Å². The van der Waals surface area contributed by atoms with Crippen molar-refractivity contribution < 1.29 is 8.42 Å². The first-order chi connectivity index (χ1) is 16.0. The van der Waals surface area contributed by atoms with Gasteiger partial charge in [-0.25, -0.2) is 18.4 Å². The van der Waals surface area contributed by atoms with Crippen LogP contribution in [0.15, 0.2) is 82.6 Å². The third-order valence-corrected chi connectivity index (χ3v) is 7.28. The Kier molecular flexibility index (Phi) is 4.38. The van der Waals surface area contributed by atoms with Crippen LogP contribution in [0, 0.1) is 0 Å². The number of aromatic nitrogens is 4. The number of hydrogen-bond donors (Lipinski definition) is 2. The van der Waals surface area contributed by atoms with Crippen molar-refractivity contribution in [3.8, 4) is 0 Å². The van der Waals surface area contributed by atoms with Gasteiger partial charge in [-0.2, -0.15) is 0 Å². The number of benzene rings is 1. The van der Waals surface area contributed by atoms with E-state index in [0.717, 1.165) is 28.1 Å². The van der Waals surface area contributed by atoms with Gasteiger partial charge in [-0.1, -0.05) is 18.2 Å². The van der Waals surface area contributed by atoms with Crippen LogP contribution < -0.4 is 0 Å². The Labute approximate surface area is 189 Å². The highest BCUT2D eigenvalue weighted by atomic mass is 32.2. The third kappa shape index (κ3) is 3.68.